The van der Waals surface area contributed by atoms with E-state index >= 15 is 0 Å². The third kappa shape index (κ3) is 8.23. The van der Waals surface area contributed by atoms with Crippen LogP contribution in [-0.2, 0) is 4.74 Å². The second kappa shape index (κ2) is 11.5. The molecule has 1 rings (SSSR count). The first kappa shape index (κ1) is 17.9. The van der Waals surface area contributed by atoms with Gasteiger partial charge in [-0.15, -0.1) is 0 Å². The fourth-order valence-electron chi connectivity index (χ4n) is 3.05. The lowest BCUT2D eigenvalue weighted by atomic mass is 10.1. The number of aliphatic hydroxyl groups excluding tert-OH is 1. The number of hydrogen-bond donors (Lipinski definition) is 1. The predicted octanol–water partition coefficient (Wildman–Crippen LogP) is 3.60. The van der Waals surface area contributed by atoms with E-state index < -0.39 is 0 Å². The molecule has 1 aliphatic rings. The van der Waals surface area contributed by atoms with Crippen LogP contribution in [0.2, 0.25) is 0 Å². The van der Waals surface area contributed by atoms with Crippen LogP contribution in [0.4, 0.5) is 0 Å². The number of likely N-dealkylation sites (tertiary alicyclic amines) is 1. The molecule has 1 aliphatic heterocycles. The lowest BCUT2D eigenvalue weighted by Gasteiger charge is -2.27. The average molecular weight is 285 g/mol. The third-order valence-electron chi connectivity index (χ3n) is 4.16. The van der Waals surface area contributed by atoms with Crippen LogP contribution in [0.25, 0.3) is 0 Å². The summed E-state index contributed by atoms with van der Waals surface area (Å²) >= 11 is 0. The van der Waals surface area contributed by atoms with Crippen molar-refractivity contribution < 1.29 is 9.84 Å². The summed E-state index contributed by atoms with van der Waals surface area (Å²) in [5, 5.41) is 10.2. The maximum atomic E-state index is 10.2. The summed E-state index contributed by atoms with van der Waals surface area (Å²) in [4.78, 5) is 2.42. The summed E-state index contributed by atoms with van der Waals surface area (Å²) in [6.45, 7) is 7.96. The van der Waals surface area contributed by atoms with E-state index in [1.807, 2.05) is 0 Å². The zero-order valence-electron chi connectivity index (χ0n) is 13.6. The Morgan fingerprint density at radius 1 is 0.950 bits per heavy atom. The van der Waals surface area contributed by atoms with E-state index in [2.05, 4.69) is 18.7 Å². The Balaban J connectivity index is 2.21. The summed E-state index contributed by atoms with van der Waals surface area (Å²) < 4.78 is 5.91. The Kier molecular flexibility index (Phi) is 10.3. The molecule has 20 heavy (non-hydrogen) atoms. The predicted molar refractivity (Wildman–Crippen MR) is 85.1 cm³/mol. The highest BCUT2D eigenvalue weighted by Crippen LogP contribution is 2.12. The molecule has 0 aromatic rings. The highest BCUT2D eigenvalue weighted by molar-refractivity contribution is 4.68. The lowest BCUT2D eigenvalue weighted by molar-refractivity contribution is -0.0277. The van der Waals surface area contributed by atoms with Crippen molar-refractivity contribution in [3.63, 3.8) is 0 Å². The van der Waals surface area contributed by atoms with E-state index in [-0.39, 0.29) is 6.10 Å². The second-order valence-corrected chi connectivity index (χ2v) is 6.25. The minimum atomic E-state index is -0.328. The van der Waals surface area contributed by atoms with Gasteiger partial charge in [0.05, 0.1) is 18.8 Å². The molecule has 0 spiro atoms. The van der Waals surface area contributed by atoms with Crippen molar-refractivity contribution in [3.05, 3.63) is 0 Å². The molecule has 0 saturated carbocycles. The molecule has 0 bridgehead atoms. The maximum Gasteiger partial charge on any atom is 0.0900 e. The Bertz CT molecular complexity index is 209. The summed E-state index contributed by atoms with van der Waals surface area (Å²) in [6.07, 6.45) is 11.2. The van der Waals surface area contributed by atoms with Crippen LogP contribution < -0.4 is 0 Å². The molecular weight excluding hydrogens is 250 g/mol. The summed E-state index contributed by atoms with van der Waals surface area (Å²) in [6, 6.07) is 0. The smallest absolute Gasteiger partial charge is 0.0900 e. The molecule has 120 valence electrons. The molecule has 0 aliphatic carbocycles. The average Bonchev–Trinajstić information content (AvgIpc) is 2.39. The first-order chi connectivity index (χ1) is 9.76. The van der Waals surface area contributed by atoms with Crippen LogP contribution in [0.15, 0.2) is 0 Å². The van der Waals surface area contributed by atoms with Crippen LogP contribution in [-0.4, -0.2) is 48.5 Å². The molecule has 0 radical (unpaired) electrons. The van der Waals surface area contributed by atoms with Crippen LogP contribution >= 0.6 is 0 Å². The van der Waals surface area contributed by atoms with Crippen molar-refractivity contribution in [2.45, 2.75) is 83.8 Å². The summed E-state index contributed by atoms with van der Waals surface area (Å²) in [5.41, 5.74) is 0. The molecule has 1 N–H and O–H groups in total. The SMILES string of the molecule is CCCC(CCC)OCC(O)CN1CCCCCCC1. The number of aliphatic hydroxyl groups is 1. The van der Waals surface area contributed by atoms with Gasteiger partial charge < -0.3 is 14.7 Å². The van der Waals surface area contributed by atoms with Gasteiger partial charge in [-0.05, 0) is 38.8 Å². The number of β-amino-alcohol motifs (C(OH)–C–C–N with tert-alkyl or cyclic N) is 1. The molecule has 3 nitrogen and oxygen atoms in total. The fourth-order valence-corrected chi connectivity index (χ4v) is 3.05. The molecule has 1 heterocycles. The van der Waals surface area contributed by atoms with E-state index in [0.717, 1.165) is 45.3 Å². The number of ether oxygens (including phenoxy) is 1. The first-order valence-electron chi connectivity index (χ1n) is 8.78. The Morgan fingerprint density at radius 3 is 2.05 bits per heavy atom. The van der Waals surface area contributed by atoms with Gasteiger partial charge in [0, 0.05) is 6.54 Å². The number of hydrogen-bond acceptors (Lipinski definition) is 3. The van der Waals surface area contributed by atoms with E-state index in [9.17, 15) is 5.11 Å². The summed E-state index contributed by atoms with van der Waals surface area (Å²) in [7, 11) is 0. The van der Waals surface area contributed by atoms with Crippen molar-refractivity contribution >= 4 is 0 Å². The van der Waals surface area contributed by atoms with Crippen molar-refractivity contribution in [1.29, 1.82) is 0 Å². The van der Waals surface area contributed by atoms with Crippen LogP contribution in [0.3, 0.4) is 0 Å². The monoisotopic (exact) mass is 285 g/mol. The minimum absolute atomic E-state index is 0.328. The molecule has 0 aromatic carbocycles. The van der Waals surface area contributed by atoms with Gasteiger partial charge in [-0.2, -0.15) is 0 Å². The lowest BCUT2D eigenvalue weighted by Crippen LogP contribution is -2.37. The molecule has 1 saturated heterocycles. The van der Waals surface area contributed by atoms with Crippen molar-refractivity contribution in [2.75, 3.05) is 26.2 Å². The molecule has 1 unspecified atom stereocenters. The zero-order valence-corrected chi connectivity index (χ0v) is 13.6. The van der Waals surface area contributed by atoms with Gasteiger partial charge in [0.15, 0.2) is 0 Å². The topological polar surface area (TPSA) is 32.7 Å². The van der Waals surface area contributed by atoms with E-state index in [4.69, 9.17) is 4.74 Å². The van der Waals surface area contributed by atoms with Gasteiger partial charge in [-0.1, -0.05) is 46.0 Å². The minimum Gasteiger partial charge on any atom is -0.389 e. The van der Waals surface area contributed by atoms with Gasteiger partial charge in [0.25, 0.3) is 0 Å². The van der Waals surface area contributed by atoms with E-state index in [0.29, 0.717) is 12.7 Å². The maximum absolute atomic E-state index is 10.2. The van der Waals surface area contributed by atoms with Crippen LogP contribution in [0, 0.1) is 0 Å². The highest BCUT2D eigenvalue weighted by atomic mass is 16.5. The number of nitrogens with zero attached hydrogens (tertiary/aromatic N) is 1. The van der Waals surface area contributed by atoms with Gasteiger partial charge >= 0.3 is 0 Å². The van der Waals surface area contributed by atoms with Crippen molar-refractivity contribution in [1.82, 2.24) is 4.90 Å². The normalized spacial score (nSPS) is 19.8. The molecule has 3 heteroatoms. The highest BCUT2D eigenvalue weighted by Gasteiger charge is 2.15. The molecular formula is C17H35NO2. The quantitative estimate of drug-likeness (QED) is 0.702. The van der Waals surface area contributed by atoms with Crippen molar-refractivity contribution in [2.24, 2.45) is 0 Å². The number of rotatable bonds is 9. The largest absolute Gasteiger partial charge is 0.389 e. The van der Waals surface area contributed by atoms with E-state index in [1.165, 1.54) is 32.1 Å². The fraction of sp³-hybridized carbons (Fsp3) is 1.00. The first-order valence-corrected chi connectivity index (χ1v) is 8.78. The zero-order chi connectivity index (χ0) is 14.6. The molecule has 1 fully saturated rings. The molecule has 0 amide bonds. The van der Waals surface area contributed by atoms with Gasteiger partial charge in [-0.3, -0.25) is 0 Å². The Hall–Kier alpha value is -0.120. The van der Waals surface area contributed by atoms with Gasteiger partial charge in [0.1, 0.15) is 0 Å². The van der Waals surface area contributed by atoms with Crippen LogP contribution in [0.1, 0.15) is 71.6 Å². The molecule has 1 atom stereocenters. The van der Waals surface area contributed by atoms with Crippen LogP contribution in [0.5, 0.6) is 0 Å². The van der Waals surface area contributed by atoms with E-state index in [1.54, 1.807) is 0 Å². The second-order valence-electron chi connectivity index (χ2n) is 6.25. The Morgan fingerprint density at radius 2 is 1.50 bits per heavy atom. The Labute approximate surface area is 125 Å². The third-order valence-corrected chi connectivity index (χ3v) is 4.16. The van der Waals surface area contributed by atoms with Gasteiger partial charge in [-0.25, -0.2) is 0 Å². The van der Waals surface area contributed by atoms with Gasteiger partial charge in [0.2, 0.25) is 0 Å². The summed E-state index contributed by atoms with van der Waals surface area (Å²) in [5.74, 6) is 0. The standard InChI is InChI=1S/C17H35NO2/c1-3-10-17(11-4-2)20-15-16(19)14-18-12-8-6-5-7-9-13-18/h16-17,19H,3-15H2,1-2H3. The van der Waals surface area contributed by atoms with Crippen molar-refractivity contribution in [3.8, 4) is 0 Å². The molecule has 0 aromatic heterocycles.